The summed E-state index contributed by atoms with van der Waals surface area (Å²) in [5.74, 6) is -0.752. The second-order valence-corrected chi connectivity index (χ2v) is 7.32. The molecule has 2 aromatic rings. The highest BCUT2D eigenvalue weighted by molar-refractivity contribution is 9.10. The molecule has 0 saturated carbocycles. The first kappa shape index (κ1) is 18.4. The molecule has 1 aliphatic heterocycles. The van der Waals surface area contributed by atoms with Gasteiger partial charge < -0.3 is 4.74 Å². The van der Waals surface area contributed by atoms with E-state index in [1.807, 2.05) is 24.3 Å². The van der Waals surface area contributed by atoms with Crippen LogP contribution in [0.1, 0.15) is 21.5 Å². The van der Waals surface area contributed by atoms with Crippen molar-refractivity contribution in [3.8, 4) is 0 Å². The third-order valence-corrected chi connectivity index (χ3v) is 5.47. The lowest BCUT2D eigenvalue weighted by Gasteiger charge is -2.13. The van der Waals surface area contributed by atoms with Gasteiger partial charge in [0, 0.05) is 4.47 Å². The van der Waals surface area contributed by atoms with Crippen molar-refractivity contribution in [3.05, 3.63) is 74.6 Å². The Morgan fingerprint density at radius 2 is 1.85 bits per heavy atom. The van der Waals surface area contributed by atoms with E-state index in [9.17, 15) is 14.4 Å². The lowest BCUT2D eigenvalue weighted by atomic mass is 10.1. The molecule has 0 aliphatic carbocycles. The van der Waals surface area contributed by atoms with Gasteiger partial charge in [0.05, 0.1) is 24.1 Å². The van der Waals surface area contributed by atoms with Crippen molar-refractivity contribution >= 4 is 50.9 Å². The van der Waals surface area contributed by atoms with Crippen LogP contribution in [0.5, 0.6) is 0 Å². The highest BCUT2D eigenvalue weighted by Crippen LogP contribution is 2.34. The van der Waals surface area contributed by atoms with E-state index in [1.165, 1.54) is 12.0 Å². The fourth-order valence-corrected chi connectivity index (χ4v) is 3.67. The highest BCUT2D eigenvalue weighted by Gasteiger charge is 2.35. The highest BCUT2D eigenvalue weighted by atomic mass is 79.9. The number of imide groups is 1. The van der Waals surface area contributed by atoms with Crippen molar-refractivity contribution in [1.82, 2.24) is 4.90 Å². The Hall–Kier alpha value is -2.38. The van der Waals surface area contributed by atoms with E-state index in [1.54, 1.807) is 30.3 Å². The molecule has 1 aliphatic rings. The predicted octanol–water partition coefficient (Wildman–Crippen LogP) is 4.47. The lowest BCUT2D eigenvalue weighted by Crippen LogP contribution is -2.27. The van der Waals surface area contributed by atoms with E-state index < -0.39 is 5.97 Å². The van der Waals surface area contributed by atoms with Crippen LogP contribution in [0.4, 0.5) is 4.79 Å². The molecule has 1 heterocycles. The average Bonchev–Trinajstić information content (AvgIpc) is 2.91. The van der Waals surface area contributed by atoms with E-state index in [2.05, 4.69) is 20.7 Å². The molecule has 0 N–H and O–H groups in total. The van der Waals surface area contributed by atoms with Gasteiger partial charge in [-0.25, -0.2) is 4.79 Å². The lowest BCUT2D eigenvalue weighted by molar-refractivity contribution is -0.123. The number of methoxy groups -OCH3 is 1. The minimum atomic E-state index is -0.426. The van der Waals surface area contributed by atoms with Gasteiger partial charge in [0.15, 0.2) is 0 Å². The van der Waals surface area contributed by atoms with Gasteiger partial charge in [-0.15, -0.1) is 0 Å². The Kier molecular flexibility index (Phi) is 5.58. The van der Waals surface area contributed by atoms with E-state index in [4.69, 9.17) is 0 Å². The molecular formula is C19H14BrNO4S. The molecule has 0 aromatic heterocycles. The number of carbonyl (C=O) groups is 3. The topological polar surface area (TPSA) is 63.7 Å². The van der Waals surface area contributed by atoms with Crippen molar-refractivity contribution < 1.29 is 19.1 Å². The number of hydrogen-bond donors (Lipinski definition) is 0. The number of rotatable bonds is 4. The van der Waals surface area contributed by atoms with E-state index >= 15 is 0 Å². The molecule has 0 radical (unpaired) electrons. The van der Waals surface area contributed by atoms with Crippen LogP contribution in [0, 0.1) is 0 Å². The van der Waals surface area contributed by atoms with Crippen LogP contribution < -0.4 is 0 Å². The average molecular weight is 432 g/mol. The zero-order valence-corrected chi connectivity index (χ0v) is 16.2. The molecule has 3 rings (SSSR count). The maximum absolute atomic E-state index is 12.6. The minimum absolute atomic E-state index is 0.213. The van der Waals surface area contributed by atoms with Crippen LogP contribution in [0.25, 0.3) is 6.08 Å². The smallest absolute Gasteiger partial charge is 0.337 e. The number of ether oxygens (including phenoxy) is 1. The normalized spacial score (nSPS) is 15.6. The van der Waals surface area contributed by atoms with Crippen LogP contribution in [-0.4, -0.2) is 29.1 Å². The summed E-state index contributed by atoms with van der Waals surface area (Å²) in [7, 11) is 1.32. The van der Waals surface area contributed by atoms with E-state index in [-0.39, 0.29) is 17.7 Å². The molecule has 0 spiro atoms. The van der Waals surface area contributed by atoms with Gasteiger partial charge in [-0.05, 0) is 47.2 Å². The molecular weight excluding hydrogens is 418 g/mol. The van der Waals surface area contributed by atoms with Gasteiger partial charge in [0.2, 0.25) is 0 Å². The standard InChI is InChI=1S/C19H14BrNO4S/c1-25-18(23)13-8-6-12(7-9-13)10-16-17(22)21(19(24)26-16)11-14-4-2-3-5-15(14)20/h2-10H,11H2,1H3/b16-10+. The maximum atomic E-state index is 12.6. The quantitative estimate of drug-likeness (QED) is 0.527. The molecule has 1 saturated heterocycles. The van der Waals surface area contributed by atoms with Crippen molar-refractivity contribution in [3.63, 3.8) is 0 Å². The van der Waals surface area contributed by atoms with Crippen molar-refractivity contribution in [2.45, 2.75) is 6.54 Å². The fourth-order valence-electron chi connectivity index (χ4n) is 2.42. The van der Waals surface area contributed by atoms with Crippen LogP contribution in [0.2, 0.25) is 0 Å². The summed E-state index contributed by atoms with van der Waals surface area (Å²) in [6.45, 7) is 0.213. The van der Waals surface area contributed by atoms with Gasteiger partial charge in [0.25, 0.3) is 11.1 Å². The van der Waals surface area contributed by atoms with Crippen LogP contribution in [0.3, 0.4) is 0 Å². The number of carbonyl (C=O) groups excluding carboxylic acids is 3. The van der Waals surface area contributed by atoms with Crippen molar-refractivity contribution in [2.75, 3.05) is 7.11 Å². The van der Waals surface area contributed by atoms with Crippen LogP contribution >= 0.6 is 27.7 Å². The Morgan fingerprint density at radius 1 is 1.15 bits per heavy atom. The summed E-state index contributed by atoms with van der Waals surface area (Å²) in [5, 5.41) is -0.303. The molecule has 2 amide bonds. The summed E-state index contributed by atoms with van der Waals surface area (Å²) in [5.41, 5.74) is 2.01. The number of nitrogens with zero attached hydrogens (tertiary/aromatic N) is 1. The van der Waals surface area contributed by atoms with E-state index in [0.717, 1.165) is 27.4 Å². The number of esters is 1. The zero-order chi connectivity index (χ0) is 18.7. The Labute approximate surface area is 163 Å². The molecule has 2 aromatic carbocycles. The zero-order valence-electron chi connectivity index (χ0n) is 13.8. The molecule has 26 heavy (non-hydrogen) atoms. The van der Waals surface area contributed by atoms with Crippen molar-refractivity contribution in [2.24, 2.45) is 0 Å². The van der Waals surface area contributed by atoms with E-state index in [0.29, 0.717) is 10.5 Å². The molecule has 0 bridgehead atoms. The maximum Gasteiger partial charge on any atom is 0.337 e. The van der Waals surface area contributed by atoms with Crippen molar-refractivity contribution in [1.29, 1.82) is 0 Å². The first-order valence-electron chi connectivity index (χ1n) is 7.67. The van der Waals surface area contributed by atoms with Gasteiger partial charge in [-0.1, -0.05) is 46.3 Å². The van der Waals surface area contributed by atoms with Crippen LogP contribution in [0.15, 0.2) is 57.9 Å². The third-order valence-electron chi connectivity index (χ3n) is 3.79. The number of hydrogen-bond acceptors (Lipinski definition) is 5. The molecule has 132 valence electrons. The second-order valence-electron chi connectivity index (χ2n) is 5.47. The van der Waals surface area contributed by atoms with Crippen LogP contribution in [-0.2, 0) is 16.1 Å². The summed E-state index contributed by atoms with van der Waals surface area (Å²) >= 11 is 4.34. The number of benzene rings is 2. The third kappa shape index (κ3) is 3.89. The fraction of sp³-hybridized carbons (Fsp3) is 0.105. The minimum Gasteiger partial charge on any atom is -0.465 e. The molecule has 0 atom stereocenters. The Balaban J connectivity index is 1.79. The first-order valence-corrected chi connectivity index (χ1v) is 9.27. The van der Waals surface area contributed by atoms with Gasteiger partial charge in [-0.3, -0.25) is 14.5 Å². The largest absolute Gasteiger partial charge is 0.465 e. The SMILES string of the molecule is COC(=O)c1ccc(/C=C2/SC(=O)N(Cc3ccccc3Br)C2=O)cc1. The van der Waals surface area contributed by atoms with Gasteiger partial charge in [-0.2, -0.15) is 0 Å². The van der Waals surface area contributed by atoms with Gasteiger partial charge in [0.1, 0.15) is 0 Å². The molecule has 7 heteroatoms. The monoisotopic (exact) mass is 431 g/mol. The first-order chi connectivity index (χ1) is 12.5. The number of halogens is 1. The Bertz CT molecular complexity index is 908. The molecule has 1 fully saturated rings. The van der Waals surface area contributed by atoms with Gasteiger partial charge >= 0.3 is 5.97 Å². The summed E-state index contributed by atoms with van der Waals surface area (Å²) < 4.78 is 5.50. The number of thioether (sulfide) groups is 1. The molecule has 0 unspecified atom stereocenters. The summed E-state index contributed by atoms with van der Waals surface area (Å²) in [4.78, 5) is 37.9. The molecule has 5 nitrogen and oxygen atoms in total. The predicted molar refractivity (Wildman–Crippen MR) is 103 cm³/mol. The second kappa shape index (κ2) is 7.88. The summed E-state index contributed by atoms with van der Waals surface area (Å²) in [6, 6.07) is 14.1. The summed E-state index contributed by atoms with van der Waals surface area (Å²) in [6.07, 6.45) is 1.64. The Morgan fingerprint density at radius 3 is 2.50 bits per heavy atom. The number of amides is 2.